The van der Waals surface area contributed by atoms with Gasteiger partial charge in [0.05, 0.1) is 46.6 Å². The van der Waals surface area contributed by atoms with Crippen molar-refractivity contribution in [2.45, 2.75) is 12.6 Å². The van der Waals surface area contributed by atoms with Crippen LogP contribution in [-0.4, -0.2) is 25.0 Å². The lowest BCUT2D eigenvalue weighted by Crippen LogP contribution is -2.14. The van der Waals surface area contributed by atoms with Crippen LogP contribution in [-0.2, 0) is 0 Å². The number of hydrogen-bond donors (Lipinski definition) is 2. The van der Waals surface area contributed by atoms with E-state index in [4.69, 9.17) is 11.6 Å². The molecule has 0 aliphatic carbocycles. The van der Waals surface area contributed by atoms with E-state index in [2.05, 4.69) is 30.9 Å². The molecule has 39 heavy (non-hydrogen) atoms. The molecule has 0 radical (unpaired) electrons. The van der Waals surface area contributed by atoms with Crippen LogP contribution in [0.15, 0.2) is 61.1 Å². The van der Waals surface area contributed by atoms with E-state index in [-0.39, 0.29) is 33.2 Å². The third kappa shape index (κ3) is 5.27. The van der Waals surface area contributed by atoms with E-state index in [1.54, 1.807) is 0 Å². The Bertz CT molecular complexity index is 1720. The fraction of sp³-hybridized carbons (Fsp3) is 0.0800. The first-order valence-corrected chi connectivity index (χ1v) is 11.4. The summed E-state index contributed by atoms with van der Waals surface area (Å²) in [7, 11) is 0. The summed E-state index contributed by atoms with van der Waals surface area (Å²) in [5.74, 6) is -2.99. The number of hydrogen-bond acceptors (Lipinski definition) is 7. The fourth-order valence-electron chi connectivity index (χ4n) is 3.89. The number of fused-ring (bicyclic) bond motifs is 1. The fourth-order valence-corrected chi connectivity index (χ4v) is 4.11. The molecular formula is C25H14ClF5N8. The van der Waals surface area contributed by atoms with Gasteiger partial charge in [-0.2, -0.15) is 23.1 Å². The number of pyridine rings is 2. The molecule has 3 heterocycles. The van der Waals surface area contributed by atoms with Crippen molar-refractivity contribution in [2.75, 3.05) is 10.6 Å². The van der Waals surface area contributed by atoms with Crippen LogP contribution >= 0.6 is 11.6 Å². The molecule has 0 aliphatic rings. The lowest BCUT2D eigenvalue weighted by molar-refractivity contribution is 0.0545. The smallest absolute Gasteiger partial charge is 0.334 e. The van der Waals surface area contributed by atoms with Crippen LogP contribution in [0, 0.1) is 28.9 Å². The third-order valence-electron chi connectivity index (χ3n) is 5.65. The molecule has 14 heteroatoms. The second kappa shape index (κ2) is 10.5. The monoisotopic (exact) mass is 556 g/mol. The largest absolute Gasteiger partial charge is 0.371 e. The minimum atomic E-state index is -2.93. The lowest BCUT2D eigenvalue weighted by Gasteiger charge is -2.21. The van der Waals surface area contributed by atoms with Gasteiger partial charge >= 0.3 is 6.55 Å². The van der Waals surface area contributed by atoms with Crippen molar-refractivity contribution in [3.63, 3.8) is 0 Å². The number of benzene rings is 2. The van der Waals surface area contributed by atoms with Gasteiger partial charge in [-0.3, -0.25) is 4.98 Å². The van der Waals surface area contributed by atoms with Crippen molar-refractivity contribution in [3.05, 3.63) is 100 Å². The summed E-state index contributed by atoms with van der Waals surface area (Å²) in [6.45, 7) is -2.93. The first-order chi connectivity index (χ1) is 18.7. The molecule has 0 unspecified atom stereocenters. The van der Waals surface area contributed by atoms with Gasteiger partial charge in [0.2, 0.25) is 5.95 Å². The number of nitrogens with zero attached hydrogens (tertiary/aromatic N) is 6. The van der Waals surface area contributed by atoms with Crippen molar-refractivity contribution in [3.8, 4) is 6.07 Å². The molecule has 5 aromatic rings. The van der Waals surface area contributed by atoms with Gasteiger partial charge in [0.25, 0.3) is 0 Å². The molecule has 196 valence electrons. The highest BCUT2D eigenvalue weighted by molar-refractivity contribution is 6.32. The highest BCUT2D eigenvalue weighted by Crippen LogP contribution is 2.37. The SMILES string of the molecule is N#Cc1cnc2c(N[C@@H](c3ccc(F)cc3)c3cn(C(F)F)nn3)cc(Cl)cc2c1Nc1cnc(F)c(F)c1. The molecule has 0 saturated heterocycles. The predicted molar refractivity (Wildman–Crippen MR) is 132 cm³/mol. The van der Waals surface area contributed by atoms with Crippen molar-refractivity contribution < 1.29 is 22.0 Å². The summed E-state index contributed by atoms with van der Waals surface area (Å²) < 4.78 is 67.5. The van der Waals surface area contributed by atoms with Crippen LogP contribution in [0.5, 0.6) is 0 Å². The van der Waals surface area contributed by atoms with E-state index in [0.29, 0.717) is 21.3 Å². The van der Waals surface area contributed by atoms with Crippen LogP contribution in [0.2, 0.25) is 5.02 Å². The van der Waals surface area contributed by atoms with E-state index >= 15 is 0 Å². The molecule has 0 fully saturated rings. The summed E-state index contributed by atoms with van der Waals surface area (Å²) in [5, 5.41) is 23.5. The number of halogens is 6. The van der Waals surface area contributed by atoms with Crippen molar-refractivity contribution in [2.24, 2.45) is 0 Å². The summed E-state index contributed by atoms with van der Waals surface area (Å²) in [4.78, 5) is 7.70. The molecule has 2 aromatic carbocycles. The van der Waals surface area contributed by atoms with Gasteiger partial charge in [-0.1, -0.05) is 28.9 Å². The van der Waals surface area contributed by atoms with Gasteiger partial charge in [-0.15, -0.1) is 5.10 Å². The Hall–Kier alpha value is -4.83. The topological polar surface area (TPSA) is 104 Å². The van der Waals surface area contributed by atoms with Crippen LogP contribution in [0.1, 0.15) is 29.4 Å². The zero-order chi connectivity index (χ0) is 27.7. The van der Waals surface area contributed by atoms with Crippen LogP contribution < -0.4 is 10.6 Å². The Balaban J connectivity index is 1.63. The molecular weight excluding hydrogens is 543 g/mol. The highest BCUT2D eigenvalue weighted by Gasteiger charge is 2.23. The first kappa shape index (κ1) is 25.8. The maximum absolute atomic E-state index is 13.8. The highest BCUT2D eigenvalue weighted by atomic mass is 35.5. The Morgan fingerprint density at radius 2 is 1.77 bits per heavy atom. The standard InChI is InChI=1S/C25H14ClF5N8/c26-14-5-17-21(35-16-7-18(28)24(29)34-10-16)13(8-32)9-33-23(17)19(6-14)36-22(12-1-3-15(27)4-2-12)20-11-39(25(30)31)38-37-20/h1-7,9-11,22,25,36H,(H,33,35)/t22-/m0/s1. The number of rotatable bonds is 7. The zero-order valence-corrected chi connectivity index (χ0v) is 20.1. The van der Waals surface area contributed by atoms with E-state index in [0.717, 1.165) is 18.5 Å². The van der Waals surface area contributed by atoms with Crippen molar-refractivity contribution in [1.29, 1.82) is 5.26 Å². The number of anilines is 3. The van der Waals surface area contributed by atoms with Gasteiger partial charge in [-0.05, 0) is 29.8 Å². The van der Waals surface area contributed by atoms with E-state index in [9.17, 15) is 27.2 Å². The second-order valence-corrected chi connectivity index (χ2v) is 8.60. The predicted octanol–water partition coefficient (Wildman–Crippen LogP) is 6.50. The Morgan fingerprint density at radius 3 is 2.44 bits per heavy atom. The average Bonchev–Trinajstić information content (AvgIpc) is 3.41. The number of alkyl halides is 2. The van der Waals surface area contributed by atoms with Crippen molar-refractivity contribution in [1.82, 2.24) is 25.0 Å². The van der Waals surface area contributed by atoms with E-state index in [1.807, 2.05) is 6.07 Å². The van der Waals surface area contributed by atoms with Gasteiger partial charge in [-0.25, -0.2) is 13.8 Å². The van der Waals surface area contributed by atoms with Gasteiger partial charge < -0.3 is 10.6 Å². The lowest BCUT2D eigenvalue weighted by atomic mass is 10.0. The molecule has 8 nitrogen and oxygen atoms in total. The molecule has 2 N–H and O–H groups in total. The molecule has 0 aliphatic heterocycles. The minimum Gasteiger partial charge on any atom is -0.371 e. The maximum Gasteiger partial charge on any atom is 0.334 e. The summed E-state index contributed by atoms with van der Waals surface area (Å²) in [6.07, 6.45) is 3.35. The zero-order valence-electron chi connectivity index (χ0n) is 19.4. The molecule has 0 saturated carbocycles. The van der Waals surface area contributed by atoms with Crippen LogP contribution in [0.4, 0.5) is 39.0 Å². The minimum absolute atomic E-state index is 0.0557. The molecule has 0 bridgehead atoms. The van der Waals surface area contributed by atoms with Gasteiger partial charge in [0, 0.05) is 22.7 Å². The quantitative estimate of drug-likeness (QED) is 0.174. The van der Waals surface area contributed by atoms with E-state index < -0.39 is 30.2 Å². The van der Waals surface area contributed by atoms with Gasteiger partial charge in [0.15, 0.2) is 5.82 Å². The first-order valence-electron chi connectivity index (χ1n) is 11.1. The molecule has 5 rings (SSSR count). The van der Waals surface area contributed by atoms with Gasteiger partial charge in [0.1, 0.15) is 17.6 Å². The Kier molecular flexibility index (Phi) is 6.95. The van der Waals surface area contributed by atoms with Crippen molar-refractivity contribution >= 4 is 39.6 Å². The Morgan fingerprint density at radius 1 is 1.00 bits per heavy atom. The third-order valence-corrected chi connectivity index (χ3v) is 5.87. The summed E-state index contributed by atoms with van der Waals surface area (Å²) in [5.41, 5.74) is 1.44. The normalized spacial score (nSPS) is 11.9. The maximum atomic E-state index is 13.8. The summed E-state index contributed by atoms with van der Waals surface area (Å²) >= 11 is 6.40. The molecule has 0 amide bonds. The summed E-state index contributed by atoms with van der Waals surface area (Å²) in [6, 6.07) is 10.3. The molecule has 1 atom stereocenters. The molecule has 0 spiro atoms. The Labute approximate surface area is 221 Å². The number of aromatic nitrogens is 5. The number of nitrogens with one attached hydrogen (secondary N) is 2. The van der Waals surface area contributed by atoms with Crippen LogP contribution in [0.3, 0.4) is 0 Å². The van der Waals surface area contributed by atoms with Crippen LogP contribution in [0.25, 0.3) is 10.9 Å². The average molecular weight is 557 g/mol. The second-order valence-electron chi connectivity index (χ2n) is 8.16. The molecule has 3 aromatic heterocycles. The number of nitriles is 1. The van der Waals surface area contributed by atoms with E-state index in [1.165, 1.54) is 42.6 Å².